The second kappa shape index (κ2) is 12.9. The van der Waals surface area contributed by atoms with Gasteiger partial charge >= 0.3 is 5.97 Å². The summed E-state index contributed by atoms with van der Waals surface area (Å²) < 4.78 is 0. The first kappa shape index (κ1) is 25.5. The third kappa shape index (κ3) is 9.68. The van der Waals surface area contributed by atoms with Gasteiger partial charge in [0.2, 0.25) is 0 Å². The highest BCUT2D eigenvalue weighted by atomic mass is 32.2. The quantitative estimate of drug-likeness (QED) is 0.387. The first-order chi connectivity index (χ1) is 13.7. The van der Waals surface area contributed by atoms with E-state index < -0.39 is 12.0 Å². The minimum absolute atomic E-state index is 0.269. The van der Waals surface area contributed by atoms with Crippen LogP contribution in [-0.4, -0.2) is 35.7 Å². The molecule has 0 amide bonds. The summed E-state index contributed by atoms with van der Waals surface area (Å²) in [6.07, 6.45) is 19.2. The summed E-state index contributed by atoms with van der Waals surface area (Å²) in [4.78, 5) is 11.2. The second-order valence-corrected chi connectivity index (χ2v) is 9.55. The molecule has 162 valence electrons. The first-order valence-corrected chi connectivity index (χ1v) is 11.9. The topological polar surface area (TPSA) is 49.3 Å². The van der Waals surface area contributed by atoms with E-state index >= 15 is 0 Å². The highest BCUT2D eigenvalue weighted by Gasteiger charge is 2.26. The molecule has 1 rings (SSSR count). The number of carboxylic acids is 1. The third-order valence-electron chi connectivity index (χ3n) is 5.47. The van der Waals surface area contributed by atoms with E-state index in [1.165, 1.54) is 36.0 Å². The molecule has 0 fully saturated rings. The molecule has 2 N–H and O–H groups in total. The van der Waals surface area contributed by atoms with Crippen LogP contribution < -0.4 is 5.32 Å². The molecular weight excluding hydrogens is 378 g/mol. The van der Waals surface area contributed by atoms with Crippen molar-refractivity contribution >= 4 is 17.7 Å². The van der Waals surface area contributed by atoms with Gasteiger partial charge in [-0.3, -0.25) is 4.79 Å². The van der Waals surface area contributed by atoms with Crippen LogP contribution in [0, 0.1) is 5.41 Å². The number of hydrogen-bond acceptors (Lipinski definition) is 3. The van der Waals surface area contributed by atoms with Gasteiger partial charge in [0.15, 0.2) is 0 Å². The van der Waals surface area contributed by atoms with Gasteiger partial charge in [-0.15, -0.1) is 0 Å². The highest BCUT2D eigenvalue weighted by Crippen LogP contribution is 2.40. The van der Waals surface area contributed by atoms with Gasteiger partial charge in [0.1, 0.15) is 6.04 Å². The maximum atomic E-state index is 11.2. The first-order valence-electron chi connectivity index (χ1n) is 10.5. The Bertz CT molecular complexity index is 696. The van der Waals surface area contributed by atoms with Crippen molar-refractivity contribution in [3.63, 3.8) is 0 Å². The van der Waals surface area contributed by atoms with E-state index in [4.69, 9.17) is 0 Å². The van der Waals surface area contributed by atoms with E-state index in [0.29, 0.717) is 13.0 Å². The maximum Gasteiger partial charge on any atom is 0.320 e. The summed E-state index contributed by atoms with van der Waals surface area (Å²) in [7, 11) is 0. The van der Waals surface area contributed by atoms with Crippen molar-refractivity contribution < 1.29 is 9.90 Å². The van der Waals surface area contributed by atoms with E-state index in [-0.39, 0.29) is 5.41 Å². The molecule has 1 unspecified atom stereocenters. The van der Waals surface area contributed by atoms with Gasteiger partial charge in [-0.25, -0.2) is 0 Å². The molecule has 1 aliphatic rings. The Morgan fingerprint density at radius 1 is 1.28 bits per heavy atom. The van der Waals surface area contributed by atoms with Crippen molar-refractivity contribution in [3.05, 3.63) is 58.7 Å². The lowest BCUT2D eigenvalue weighted by Gasteiger charge is -2.32. The monoisotopic (exact) mass is 417 g/mol. The molecule has 0 saturated carbocycles. The Hall–Kier alpha value is -1.52. The van der Waals surface area contributed by atoms with Crippen molar-refractivity contribution in [3.8, 4) is 0 Å². The highest BCUT2D eigenvalue weighted by molar-refractivity contribution is 7.98. The van der Waals surface area contributed by atoms with Crippen LogP contribution >= 0.6 is 11.8 Å². The number of aliphatic carboxylic acids is 1. The Kier molecular flexibility index (Phi) is 11.4. The van der Waals surface area contributed by atoms with E-state index in [0.717, 1.165) is 11.3 Å². The summed E-state index contributed by atoms with van der Waals surface area (Å²) in [6.45, 7) is 11.7. The molecule has 3 nitrogen and oxygen atoms in total. The smallest absolute Gasteiger partial charge is 0.320 e. The third-order valence-corrected chi connectivity index (χ3v) is 6.11. The lowest BCUT2D eigenvalue weighted by molar-refractivity contribution is -0.139. The van der Waals surface area contributed by atoms with Gasteiger partial charge in [-0.05, 0) is 69.5 Å². The van der Waals surface area contributed by atoms with Gasteiger partial charge in [-0.2, -0.15) is 11.8 Å². The minimum Gasteiger partial charge on any atom is -0.480 e. The predicted molar refractivity (Wildman–Crippen MR) is 129 cm³/mol. The van der Waals surface area contributed by atoms with Crippen molar-refractivity contribution in [2.45, 2.75) is 66.3 Å². The summed E-state index contributed by atoms with van der Waals surface area (Å²) in [5.41, 5.74) is 5.61. The fourth-order valence-corrected chi connectivity index (χ4v) is 4.08. The van der Waals surface area contributed by atoms with E-state index in [9.17, 15) is 9.90 Å². The number of allylic oxidation sites excluding steroid dienone is 9. The SMILES string of the molecule is CSCCC(NC/C=C(C)/C=C/C=C(C)/C=C/C1=C(C)CCCC1(C)C)C(=O)O. The van der Waals surface area contributed by atoms with Gasteiger partial charge in [0, 0.05) is 6.54 Å². The normalized spacial score (nSPS) is 19.4. The summed E-state index contributed by atoms with van der Waals surface area (Å²) in [5.74, 6) is 0.0649. The molecule has 0 aromatic heterocycles. The molecule has 0 spiro atoms. The van der Waals surface area contributed by atoms with Crippen LogP contribution in [0.5, 0.6) is 0 Å². The molecule has 0 saturated heterocycles. The van der Waals surface area contributed by atoms with Crippen molar-refractivity contribution in [1.29, 1.82) is 0 Å². The average molecular weight is 418 g/mol. The van der Waals surface area contributed by atoms with Crippen molar-refractivity contribution in [1.82, 2.24) is 5.32 Å². The zero-order chi connectivity index (χ0) is 21.9. The maximum absolute atomic E-state index is 11.2. The van der Waals surface area contributed by atoms with E-state index in [2.05, 4.69) is 63.4 Å². The van der Waals surface area contributed by atoms with Crippen LogP contribution in [0.4, 0.5) is 0 Å². The Labute approximate surface area is 182 Å². The second-order valence-electron chi connectivity index (χ2n) is 8.56. The summed E-state index contributed by atoms with van der Waals surface area (Å²) >= 11 is 1.67. The molecule has 0 radical (unpaired) electrons. The van der Waals surface area contributed by atoms with Gasteiger partial charge in [-0.1, -0.05) is 67.0 Å². The molecule has 0 aliphatic heterocycles. The molecule has 0 heterocycles. The van der Waals surface area contributed by atoms with E-state index in [1.54, 1.807) is 11.8 Å². The number of rotatable bonds is 11. The summed E-state index contributed by atoms with van der Waals surface area (Å²) in [6, 6.07) is -0.482. The summed E-state index contributed by atoms with van der Waals surface area (Å²) in [5, 5.41) is 12.3. The molecular formula is C25H39NO2S. The zero-order valence-electron chi connectivity index (χ0n) is 19.0. The van der Waals surface area contributed by atoms with Crippen molar-refractivity contribution in [2.24, 2.45) is 5.41 Å². The predicted octanol–water partition coefficient (Wildman–Crippen LogP) is 6.31. The van der Waals surface area contributed by atoms with Gasteiger partial charge in [0.25, 0.3) is 0 Å². The van der Waals surface area contributed by atoms with Crippen LogP contribution in [0.1, 0.15) is 60.3 Å². The molecule has 0 bridgehead atoms. The lowest BCUT2D eigenvalue weighted by Crippen LogP contribution is -2.37. The largest absolute Gasteiger partial charge is 0.480 e. The van der Waals surface area contributed by atoms with Gasteiger partial charge in [0.05, 0.1) is 0 Å². The molecule has 29 heavy (non-hydrogen) atoms. The molecule has 4 heteroatoms. The molecule has 0 aromatic rings. The van der Waals surface area contributed by atoms with Crippen LogP contribution in [0.3, 0.4) is 0 Å². The Balaban J connectivity index is 2.60. The fraction of sp³-hybridized carbons (Fsp3) is 0.560. The number of nitrogens with one attached hydrogen (secondary N) is 1. The molecule has 1 aliphatic carbocycles. The van der Waals surface area contributed by atoms with Crippen molar-refractivity contribution in [2.75, 3.05) is 18.6 Å². The van der Waals surface area contributed by atoms with Crippen LogP contribution in [0.15, 0.2) is 58.7 Å². The average Bonchev–Trinajstić information content (AvgIpc) is 2.63. The minimum atomic E-state index is -0.780. The number of carbonyl (C=O) groups is 1. The van der Waals surface area contributed by atoms with E-state index in [1.807, 2.05) is 19.3 Å². The zero-order valence-corrected chi connectivity index (χ0v) is 19.9. The standard InChI is InChI=1S/C25H39NO2S/c1-19(12-13-22-21(3)11-8-16-25(22,4)5)9-7-10-20(2)14-17-26-23(24(27)28)15-18-29-6/h7,9-10,12-14,23,26H,8,11,15-18H2,1-6H3,(H,27,28)/b10-7+,13-12+,19-9+,20-14+. The van der Waals surface area contributed by atoms with Crippen LogP contribution in [0.2, 0.25) is 0 Å². The number of hydrogen-bond donors (Lipinski definition) is 2. The Morgan fingerprint density at radius 2 is 2.00 bits per heavy atom. The van der Waals surface area contributed by atoms with Crippen LogP contribution in [0.25, 0.3) is 0 Å². The molecule has 1 atom stereocenters. The number of thioether (sulfide) groups is 1. The van der Waals surface area contributed by atoms with Crippen LogP contribution in [-0.2, 0) is 4.79 Å². The lowest BCUT2D eigenvalue weighted by atomic mass is 9.72. The Morgan fingerprint density at radius 3 is 2.62 bits per heavy atom. The van der Waals surface area contributed by atoms with Gasteiger partial charge < -0.3 is 10.4 Å². The fourth-order valence-electron chi connectivity index (χ4n) is 3.61. The number of carboxylic acid groups (broad SMARTS) is 1. The molecule has 0 aromatic carbocycles.